The van der Waals surface area contributed by atoms with E-state index in [1.54, 1.807) is 20.8 Å². The van der Waals surface area contributed by atoms with Crippen molar-refractivity contribution in [1.29, 1.82) is 0 Å². The molecule has 6 rings (SSSR count). The van der Waals surface area contributed by atoms with Crippen molar-refractivity contribution >= 4 is 39.4 Å². The molecule has 4 aliphatic carbocycles. The number of hydrogen-bond acceptors (Lipinski definition) is 8. The van der Waals surface area contributed by atoms with Gasteiger partial charge in [0.15, 0.2) is 9.84 Å². The molecule has 0 spiro atoms. The SMILES string of the molecule is CC(C)(C)[C@H](NC(=O)NC1(CS(=O)(=O)C(C)(C)C)CCCCC1)C(=O)N1C[C@H]2[C@@H]([C@H]1C(=O)NC1(C(=O)C(=O)NC3CC3)CC(OCc3ccccc3)C1)C2(C)C. The predicted molar refractivity (Wildman–Crippen MR) is 212 cm³/mol. The summed E-state index contributed by atoms with van der Waals surface area (Å²) in [5.74, 6) is -2.74. The first-order valence-corrected chi connectivity index (χ1v) is 22.1. The van der Waals surface area contributed by atoms with Gasteiger partial charge in [0.2, 0.25) is 17.6 Å². The molecule has 13 nitrogen and oxygen atoms in total. The average molecular weight is 798 g/mol. The van der Waals surface area contributed by atoms with E-state index in [2.05, 4.69) is 35.1 Å². The summed E-state index contributed by atoms with van der Waals surface area (Å²) in [6.07, 6.45) is 5.00. The van der Waals surface area contributed by atoms with Crippen molar-refractivity contribution in [3.63, 3.8) is 0 Å². The quantitative estimate of drug-likeness (QED) is 0.215. The number of ether oxygens (including phenoxy) is 1. The van der Waals surface area contributed by atoms with Crippen LogP contribution in [0.2, 0.25) is 0 Å². The molecule has 1 aromatic carbocycles. The molecular weight excluding hydrogens is 735 g/mol. The Labute approximate surface area is 332 Å². The summed E-state index contributed by atoms with van der Waals surface area (Å²) < 4.78 is 31.9. The monoisotopic (exact) mass is 797 g/mol. The Bertz CT molecular complexity index is 1800. The van der Waals surface area contributed by atoms with Crippen molar-refractivity contribution in [1.82, 2.24) is 26.2 Å². The molecule has 0 aromatic heterocycles. The maximum atomic E-state index is 14.7. The van der Waals surface area contributed by atoms with Crippen LogP contribution in [0, 0.1) is 22.7 Å². The van der Waals surface area contributed by atoms with Crippen LogP contribution >= 0.6 is 0 Å². The molecule has 5 amide bonds. The number of sulfone groups is 1. The summed E-state index contributed by atoms with van der Waals surface area (Å²) >= 11 is 0. The molecule has 5 fully saturated rings. The number of carbonyl (C=O) groups excluding carboxylic acids is 5. The summed E-state index contributed by atoms with van der Waals surface area (Å²) in [5, 5.41) is 11.7. The Kier molecular flexibility index (Phi) is 11.3. The molecule has 1 aliphatic heterocycles. The highest BCUT2D eigenvalue weighted by atomic mass is 32.2. The normalized spacial score (nSPS) is 28.5. The van der Waals surface area contributed by atoms with Crippen LogP contribution in [-0.2, 0) is 40.4 Å². The lowest BCUT2D eigenvalue weighted by molar-refractivity contribution is -0.155. The number of likely N-dealkylation sites (tertiary alicyclic amines) is 1. The number of urea groups is 1. The number of Topliss-reactive ketones (excluding diaryl/α,β-unsaturated/α-hetero) is 1. The molecule has 310 valence electrons. The second kappa shape index (κ2) is 15.0. The number of piperidine rings is 1. The topological polar surface area (TPSA) is 180 Å². The van der Waals surface area contributed by atoms with E-state index in [1.165, 1.54) is 4.90 Å². The largest absolute Gasteiger partial charge is 0.373 e. The molecule has 0 bridgehead atoms. The number of rotatable bonds is 13. The van der Waals surface area contributed by atoms with Gasteiger partial charge in [0, 0.05) is 25.4 Å². The van der Waals surface area contributed by atoms with Crippen molar-refractivity contribution in [3.8, 4) is 0 Å². The molecule has 4 N–H and O–H groups in total. The van der Waals surface area contributed by atoms with Crippen molar-refractivity contribution in [2.75, 3.05) is 12.3 Å². The van der Waals surface area contributed by atoms with E-state index in [0.717, 1.165) is 37.7 Å². The predicted octanol–water partition coefficient (Wildman–Crippen LogP) is 4.18. The molecule has 0 radical (unpaired) electrons. The van der Waals surface area contributed by atoms with Crippen LogP contribution in [0.3, 0.4) is 0 Å². The first kappa shape index (κ1) is 42.1. The van der Waals surface area contributed by atoms with Gasteiger partial charge in [0.1, 0.15) is 17.6 Å². The second-order valence-electron chi connectivity index (χ2n) is 20.0. The van der Waals surface area contributed by atoms with Crippen molar-refractivity contribution in [2.24, 2.45) is 22.7 Å². The molecule has 0 unspecified atom stereocenters. The maximum absolute atomic E-state index is 14.7. The zero-order chi connectivity index (χ0) is 41.1. The Morgan fingerprint density at radius 2 is 1.54 bits per heavy atom. The number of amides is 5. The summed E-state index contributed by atoms with van der Waals surface area (Å²) in [7, 11) is -3.58. The minimum absolute atomic E-state index is 0.0259. The smallest absolute Gasteiger partial charge is 0.315 e. The van der Waals surface area contributed by atoms with Crippen LogP contribution < -0.4 is 21.3 Å². The van der Waals surface area contributed by atoms with E-state index in [9.17, 15) is 32.4 Å². The number of carbonyl (C=O) groups is 5. The van der Waals surface area contributed by atoms with Crippen LogP contribution in [-0.4, -0.2) is 95.2 Å². The third kappa shape index (κ3) is 8.66. The highest BCUT2D eigenvalue weighted by molar-refractivity contribution is 7.92. The third-order valence-corrected chi connectivity index (χ3v) is 15.9. The van der Waals surface area contributed by atoms with Crippen LogP contribution in [0.5, 0.6) is 0 Å². The molecule has 5 aliphatic rings. The van der Waals surface area contributed by atoms with Gasteiger partial charge in [-0.05, 0) is 74.7 Å². The van der Waals surface area contributed by atoms with Gasteiger partial charge in [-0.2, -0.15) is 0 Å². The number of ketones is 1. The van der Waals surface area contributed by atoms with Gasteiger partial charge in [0.05, 0.1) is 28.7 Å². The highest BCUT2D eigenvalue weighted by Gasteiger charge is 2.70. The first-order valence-electron chi connectivity index (χ1n) is 20.4. The number of fused-ring (bicyclic) bond motifs is 1. The van der Waals surface area contributed by atoms with Gasteiger partial charge < -0.3 is 30.9 Å². The number of benzene rings is 1. The lowest BCUT2D eigenvalue weighted by Crippen LogP contribution is -2.70. The summed E-state index contributed by atoms with van der Waals surface area (Å²) in [4.78, 5) is 71.7. The zero-order valence-corrected chi connectivity index (χ0v) is 35.3. The fraction of sp³-hybridized carbons (Fsp3) is 0.738. The number of nitrogens with zero attached hydrogens (tertiary/aromatic N) is 1. The van der Waals surface area contributed by atoms with Crippen molar-refractivity contribution in [2.45, 2.75) is 160 Å². The van der Waals surface area contributed by atoms with Gasteiger partial charge in [-0.15, -0.1) is 0 Å². The Morgan fingerprint density at radius 3 is 2.11 bits per heavy atom. The van der Waals surface area contributed by atoms with Crippen LogP contribution in [0.25, 0.3) is 0 Å². The standard InChI is InChI=1S/C42H63N5O8S/c1-38(2,3)32(44-37(52)46-41(19-13-10-14-20-41)25-56(53,54)39(4,5)6)36(51)47-23-29-30(40(29,7)8)31(47)34(49)45-42(33(48)35(50)43-27-17-18-27)21-28(22-42)55-24-26-15-11-9-12-16-26/h9,11-12,15-16,27-32H,10,13-14,17-25H2,1-8H3,(H,43,50)(H,45,49)(H2,44,46,52)/t28?,29-,30-,31-,32+,42?/m0/s1. The van der Waals surface area contributed by atoms with E-state index < -0.39 is 72.7 Å². The molecule has 56 heavy (non-hydrogen) atoms. The first-order chi connectivity index (χ1) is 26.0. The van der Waals surface area contributed by atoms with Crippen molar-refractivity contribution < 1.29 is 37.1 Å². The summed E-state index contributed by atoms with van der Waals surface area (Å²) in [6.45, 7) is 15.2. The van der Waals surface area contributed by atoms with Crippen LogP contribution in [0.4, 0.5) is 4.79 Å². The number of hydrogen-bond donors (Lipinski definition) is 4. The van der Waals surface area contributed by atoms with E-state index >= 15 is 0 Å². The second-order valence-corrected chi connectivity index (χ2v) is 22.7. The molecule has 4 saturated carbocycles. The Hall–Kier alpha value is -3.52. The van der Waals surface area contributed by atoms with Gasteiger partial charge >= 0.3 is 6.03 Å². The fourth-order valence-electron chi connectivity index (χ4n) is 9.12. The average Bonchev–Trinajstić information content (AvgIpc) is 3.94. The Balaban J connectivity index is 1.20. The maximum Gasteiger partial charge on any atom is 0.315 e. The van der Waals surface area contributed by atoms with Gasteiger partial charge in [-0.1, -0.05) is 84.2 Å². The van der Waals surface area contributed by atoms with E-state index in [1.807, 2.05) is 51.1 Å². The van der Waals surface area contributed by atoms with E-state index in [-0.39, 0.29) is 48.0 Å². The minimum atomic E-state index is -3.58. The minimum Gasteiger partial charge on any atom is -0.373 e. The molecule has 4 atom stereocenters. The lowest BCUT2D eigenvalue weighted by atomic mass is 9.70. The summed E-state index contributed by atoms with van der Waals surface area (Å²) in [5.41, 5.74) is -2.52. The molecule has 1 saturated heterocycles. The van der Waals surface area contributed by atoms with E-state index in [4.69, 9.17) is 4.74 Å². The molecule has 14 heteroatoms. The lowest BCUT2D eigenvalue weighted by Gasteiger charge is -2.47. The fourth-order valence-corrected chi connectivity index (χ4v) is 10.6. The van der Waals surface area contributed by atoms with Crippen molar-refractivity contribution in [3.05, 3.63) is 35.9 Å². The van der Waals surface area contributed by atoms with Gasteiger partial charge in [-0.3, -0.25) is 19.2 Å². The van der Waals surface area contributed by atoms with Gasteiger partial charge in [0.25, 0.3) is 5.91 Å². The zero-order valence-electron chi connectivity index (χ0n) is 34.5. The molecular formula is C42H63N5O8S. The van der Waals surface area contributed by atoms with E-state index in [0.29, 0.717) is 26.0 Å². The summed E-state index contributed by atoms with van der Waals surface area (Å²) in [6, 6.07) is 6.96. The Morgan fingerprint density at radius 1 is 0.911 bits per heavy atom. The highest BCUT2D eigenvalue weighted by Crippen LogP contribution is 2.65. The van der Waals surface area contributed by atoms with Gasteiger partial charge in [-0.25, -0.2) is 13.2 Å². The molecule has 1 aromatic rings. The third-order valence-electron chi connectivity index (χ3n) is 13.1. The number of nitrogens with one attached hydrogen (secondary N) is 4. The van der Waals surface area contributed by atoms with Crippen LogP contribution in [0.15, 0.2) is 30.3 Å². The molecule has 1 heterocycles. The van der Waals surface area contributed by atoms with Crippen LogP contribution in [0.1, 0.15) is 119 Å².